The molecule has 2 heterocycles. The molecule has 142 valence electrons. The Morgan fingerprint density at radius 1 is 1.15 bits per heavy atom. The smallest absolute Gasteiger partial charge is 0.246 e. The van der Waals surface area contributed by atoms with E-state index in [-0.39, 0.29) is 5.91 Å². The number of aromatic nitrogens is 2. The molecule has 0 bridgehead atoms. The molecule has 1 amide bonds. The zero-order valence-electron chi connectivity index (χ0n) is 16.0. The third-order valence-corrected chi connectivity index (χ3v) is 4.79. The van der Waals surface area contributed by atoms with Gasteiger partial charge in [-0.3, -0.25) is 4.79 Å². The van der Waals surface area contributed by atoms with E-state index in [1.807, 2.05) is 48.2 Å². The number of anilines is 1. The fraction of sp³-hybridized carbons (Fsp3) is 0.381. The van der Waals surface area contributed by atoms with Gasteiger partial charge in [-0.1, -0.05) is 37.6 Å². The summed E-state index contributed by atoms with van der Waals surface area (Å²) in [5.41, 5.74) is 1.90. The highest BCUT2D eigenvalue weighted by molar-refractivity contribution is 6.30. The van der Waals surface area contributed by atoms with Crippen molar-refractivity contribution in [2.24, 2.45) is 0 Å². The lowest BCUT2D eigenvalue weighted by Crippen LogP contribution is -2.48. The van der Waals surface area contributed by atoms with Gasteiger partial charge in [-0.25, -0.2) is 9.97 Å². The third kappa shape index (κ3) is 5.07. The van der Waals surface area contributed by atoms with Gasteiger partial charge in [0.15, 0.2) is 0 Å². The lowest BCUT2D eigenvalue weighted by Gasteiger charge is -2.35. The maximum absolute atomic E-state index is 12.5. The van der Waals surface area contributed by atoms with Crippen molar-refractivity contribution in [2.75, 3.05) is 31.1 Å². The van der Waals surface area contributed by atoms with E-state index < -0.39 is 0 Å². The van der Waals surface area contributed by atoms with Crippen molar-refractivity contribution >= 4 is 29.4 Å². The van der Waals surface area contributed by atoms with Crippen molar-refractivity contribution in [2.45, 2.75) is 26.7 Å². The van der Waals surface area contributed by atoms with Crippen molar-refractivity contribution in [3.8, 4) is 0 Å². The molecule has 0 spiro atoms. The van der Waals surface area contributed by atoms with Crippen molar-refractivity contribution in [3.05, 3.63) is 58.5 Å². The summed E-state index contributed by atoms with van der Waals surface area (Å²) in [7, 11) is 0. The van der Waals surface area contributed by atoms with Crippen molar-refractivity contribution in [1.82, 2.24) is 14.9 Å². The number of piperazine rings is 1. The SMILES string of the molecule is Cc1cc(N2CCN(C(=O)/C=C/c3cccc(Cl)c3)CC2)nc(C(C)C)n1. The zero-order valence-corrected chi connectivity index (χ0v) is 16.8. The van der Waals surface area contributed by atoms with E-state index in [1.165, 1.54) is 0 Å². The van der Waals surface area contributed by atoms with Crippen LogP contribution in [0, 0.1) is 6.92 Å². The van der Waals surface area contributed by atoms with E-state index in [4.69, 9.17) is 16.6 Å². The fourth-order valence-corrected chi connectivity index (χ4v) is 3.23. The van der Waals surface area contributed by atoms with E-state index in [0.717, 1.165) is 36.0 Å². The summed E-state index contributed by atoms with van der Waals surface area (Å²) in [6.45, 7) is 9.09. The van der Waals surface area contributed by atoms with Crippen molar-refractivity contribution < 1.29 is 4.79 Å². The molecule has 1 fully saturated rings. The van der Waals surface area contributed by atoms with Gasteiger partial charge in [0, 0.05) is 55.0 Å². The lowest BCUT2D eigenvalue weighted by molar-refractivity contribution is -0.126. The minimum atomic E-state index is 0.0244. The highest BCUT2D eigenvalue weighted by Crippen LogP contribution is 2.19. The number of amides is 1. The zero-order chi connectivity index (χ0) is 19.4. The van der Waals surface area contributed by atoms with Crippen LogP contribution < -0.4 is 4.90 Å². The summed E-state index contributed by atoms with van der Waals surface area (Å²) in [5.74, 6) is 2.14. The molecule has 1 aromatic carbocycles. The second kappa shape index (κ2) is 8.53. The van der Waals surface area contributed by atoms with E-state index in [1.54, 1.807) is 6.08 Å². The molecule has 0 N–H and O–H groups in total. The minimum Gasteiger partial charge on any atom is -0.353 e. The molecular formula is C21H25ClN4O. The molecule has 27 heavy (non-hydrogen) atoms. The Labute approximate surface area is 165 Å². The topological polar surface area (TPSA) is 49.3 Å². The average Bonchev–Trinajstić information content (AvgIpc) is 2.66. The quantitative estimate of drug-likeness (QED) is 0.749. The molecule has 1 saturated heterocycles. The summed E-state index contributed by atoms with van der Waals surface area (Å²) in [6.07, 6.45) is 3.43. The Balaban J connectivity index is 1.61. The molecule has 0 radical (unpaired) electrons. The number of rotatable bonds is 4. The third-order valence-electron chi connectivity index (χ3n) is 4.56. The van der Waals surface area contributed by atoms with Crippen LogP contribution >= 0.6 is 11.6 Å². The molecule has 2 aromatic rings. The first-order valence-corrected chi connectivity index (χ1v) is 9.63. The summed E-state index contributed by atoms with van der Waals surface area (Å²) in [6, 6.07) is 9.48. The standard InChI is InChI=1S/C21H25ClN4O/c1-15(2)21-23-16(3)13-19(24-21)25-9-11-26(12-10-25)20(27)8-7-17-5-4-6-18(22)14-17/h4-8,13-15H,9-12H2,1-3H3/b8-7+. The highest BCUT2D eigenvalue weighted by Gasteiger charge is 2.21. The van der Waals surface area contributed by atoms with Crippen molar-refractivity contribution in [1.29, 1.82) is 0 Å². The van der Waals surface area contributed by atoms with Gasteiger partial charge in [-0.05, 0) is 30.7 Å². The van der Waals surface area contributed by atoms with E-state index in [9.17, 15) is 4.79 Å². The summed E-state index contributed by atoms with van der Waals surface area (Å²) >= 11 is 5.98. The molecular weight excluding hydrogens is 360 g/mol. The second-order valence-electron chi connectivity index (χ2n) is 7.08. The van der Waals surface area contributed by atoms with Crippen LogP contribution in [0.3, 0.4) is 0 Å². The number of carbonyl (C=O) groups is 1. The first-order chi connectivity index (χ1) is 12.9. The number of benzene rings is 1. The summed E-state index contributed by atoms with van der Waals surface area (Å²) in [5, 5.41) is 0.666. The van der Waals surface area contributed by atoms with Gasteiger partial charge in [0.25, 0.3) is 0 Å². The number of hydrogen-bond acceptors (Lipinski definition) is 4. The second-order valence-corrected chi connectivity index (χ2v) is 7.52. The fourth-order valence-electron chi connectivity index (χ4n) is 3.03. The summed E-state index contributed by atoms with van der Waals surface area (Å²) < 4.78 is 0. The van der Waals surface area contributed by atoms with E-state index >= 15 is 0 Å². The lowest BCUT2D eigenvalue weighted by atomic mass is 10.2. The van der Waals surface area contributed by atoms with Gasteiger partial charge in [-0.15, -0.1) is 0 Å². The van der Waals surface area contributed by atoms with Crippen LogP contribution in [0.15, 0.2) is 36.4 Å². The molecule has 6 heteroatoms. The molecule has 0 aliphatic carbocycles. The van der Waals surface area contributed by atoms with E-state index in [2.05, 4.69) is 23.7 Å². The maximum Gasteiger partial charge on any atom is 0.246 e. The highest BCUT2D eigenvalue weighted by atomic mass is 35.5. The number of hydrogen-bond donors (Lipinski definition) is 0. The van der Waals surface area contributed by atoms with Crippen LogP contribution in [0.2, 0.25) is 5.02 Å². The van der Waals surface area contributed by atoms with Crippen LogP contribution in [0.5, 0.6) is 0 Å². The molecule has 0 saturated carbocycles. The van der Waals surface area contributed by atoms with E-state index in [0.29, 0.717) is 24.0 Å². The maximum atomic E-state index is 12.5. The van der Waals surface area contributed by atoms with Gasteiger partial charge in [0.05, 0.1) is 0 Å². The molecule has 0 atom stereocenters. The Morgan fingerprint density at radius 2 is 1.89 bits per heavy atom. The molecule has 1 aromatic heterocycles. The van der Waals surface area contributed by atoms with Gasteiger partial charge in [-0.2, -0.15) is 0 Å². The van der Waals surface area contributed by atoms with Crippen LogP contribution in [0.25, 0.3) is 6.08 Å². The molecule has 1 aliphatic heterocycles. The number of halogens is 1. The Kier molecular flexibility index (Phi) is 6.11. The Bertz CT molecular complexity index is 842. The minimum absolute atomic E-state index is 0.0244. The number of aryl methyl sites for hydroxylation is 1. The average molecular weight is 385 g/mol. The Morgan fingerprint density at radius 3 is 2.56 bits per heavy atom. The number of nitrogens with zero attached hydrogens (tertiary/aromatic N) is 4. The molecule has 1 aliphatic rings. The van der Waals surface area contributed by atoms with Crippen LogP contribution in [-0.2, 0) is 4.79 Å². The number of carbonyl (C=O) groups excluding carboxylic acids is 1. The van der Waals surface area contributed by atoms with Gasteiger partial charge in [0.1, 0.15) is 11.6 Å². The molecule has 0 unspecified atom stereocenters. The predicted octanol–water partition coefficient (Wildman–Crippen LogP) is 3.92. The van der Waals surface area contributed by atoms with Crippen molar-refractivity contribution in [3.63, 3.8) is 0 Å². The van der Waals surface area contributed by atoms with Gasteiger partial charge >= 0.3 is 0 Å². The first kappa shape index (κ1) is 19.4. The molecule has 5 nitrogen and oxygen atoms in total. The molecule has 3 rings (SSSR count). The van der Waals surface area contributed by atoms with Gasteiger partial charge < -0.3 is 9.80 Å². The normalized spacial score (nSPS) is 15.0. The Hall–Kier alpha value is -2.40. The largest absolute Gasteiger partial charge is 0.353 e. The first-order valence-electron chi connectivity index (χ1n) is 9.25. The van der Waals surface area contributed by atoms with Crippen LogP contribution in [-0.4, -0.2) is 47.0 Å². The van der Waals surface area contributed by atoms with Crippen LogP contribution in [0.1, 0.15) is 36.8 Å². The summed E-state index contributed by atoms with van der Waals surface area (Å²) in [4.78, 5) is 25.8. The predicted molar refractivity (Wildman–Crippen MR) is 110 cm³/mol. The monoisotopic (exact) mass is 384 g/mol. The van der Waals surface area contributed by atoms with Crippen LogP contribution in [0.4, 0.5) is 5.82 Å². The van der Waals surface area contributed by atoms with Gasteiger partial charge in [0.2, 0.25) is 5.91 Å².